The standard InChI is InChI=1S/C13H13F3O2/c1-8-6-9(7-18-8)12(17)10-4-2-3-5-11(10)13(14,15)16/h2-5,8-9H,6-7H2,1H3. The topological polar surface area (TPSA) is 26.3 Å². The zero-order valence-electron chi connectivity index (χ0n) is 9.83. The van der Waals surface area contributed by atoms with E-state index in [1.54, 1.807) is 0 Å². The van der Waals surface area contributed by atoms with Crippen molar-refractivity contribution in [1.29, 1.82) is 0 Å². The molecule has 2 nitrogen and oxygen atoms in total. The zero-order valence-corrected chi connectivity index (χ0v) is 9.83. The number of halogens is 3. The van der Waals surface area contributed by atoms with Gasteiger partial charge in [-0.1, -0.05) is 18.2 Å². The van der Waals surface area contributed by atoms with Gasteiger partial charge in [0, 0.05) is 11.5 Å². The highest BCUT2D eigenvalue weighted by atomic mass is 19.4. The third kappa shape index (κ3) is 2.56. The van der Waals surface area contributed by atoms with Gasteiger partial charge in [0.1, 0.15) is 0 Å². The minimum Gasteiger partial charge on any atom is -0.378 e. The van der Waals surface area contributed by atoms with E-state index < -0.39 is 23.4 Å². The summed E-state index contributed by atoms with van der Waals surface area (Å²) in [6.07, 6.45) is -4.10. The largest absolute Gasteiger partial charge is 0.417 e. The molecule has 2 unspecified atom stereocenters. The molecule has 1 aliphatic rings. The first-order valence-corrected chi connectivity index (χ1v) is 5.71. The van der Waals surface area contributed by atoms with Crippen LogP contribution in [0.15, 0.2) is 24.3 Å². The zero-order chi connectivity index (χ0) is 13.3. The van der Waals surface area contributed by atoms with E-state index in [2.05, 4.69) is 0 Å². The molecule has 1 aromatic rings. The van der Waals surface area contributed by atoms with Crippen molar-refractivity contribution in [3.63, 3.8) is 0 Å². The highest BCUT2D eigenvalue weighted by Gasteiger charge is 2.37. The SMILES string of the molecule is CC1CC(C(=O)c2ccccc2C(F)(F)F)CO1. The van der Waals surface area contributed by atoms with Crippen LogP contribution >= 0.6 is 0 Å². The summed E-state index contributed by atoms with van der Waals surface area (Å²) in [6.45, 7) is 2.01. The third-order valence-electron chi connectivity index (χ3n) is 3.07. The maximum atomic E-state index is 12.8. The Balaban J connectivity index is 2.31. The Labute approximate surface area is 103 Å². The van der Waals surface area contributed by atoms with Crippen LogP contribution in [0.25, 0.3) is 0 Å². The Kier molecular flexibility index (Phi) is 3.43. The van der Waals surface area contributed by atoms with Crippen molar-refractivity contribution < 1.29 is 22.7 Å². The van der Waals surface area contributed by atoms with E-state index in [-0.39, 0.29) is 18.3 Å². The van der Waals surface area contributed by atoms with Crippen LogP contribution in [0.2, 0.25) is 0 Å². The summed E-state index contributed by atoms with van der Waals surface area (Å²) in [7, 11) is 0. The van der Waals surface area contributed by atoms with Gasteiger partial charge in [0.25, 0.3) is 0 Å². The van der Waals surface area contributed by atoms with Gasteiger partial charge in [-0.05, 0) is 19.4 Å². The minimum absolute atomic E-state index is 0.0722. The van der Waals surface area contributed by atoms with E-state index in [1.165, 1.54) is 18.2 Å². The maximum absolute atomic E-state index is 12.8. The van der Waals surface area contributed by atoms with Crippen LogP contribution in [0.5, 0.6) is 0 Å². The number of ketones is 1. The fourth-order valence-electron chi connectivity index (χ4n) is 2.16. The molecule has 0 spiro atoms. The Morgan fingerprint density at radius 2 is 2.00 bits per heavy atom. The molecule has 2 atom stereocenters. The molecule has 1 saturated heterocycles. The second-order valence-corrected chi connectivity index (χ2v) is 4.48. The summed E-state index contributed by atoms with van der Waals surface area (Å²) < 4.78 is 43.6. The molecular weight excluding hydrogens is 245 g/mol. The first-order chi connectivity index (χ1) is 8.39. The molecule has 18 heavy (non-hydrogen) atoms. The molecule has 98 valence electrons. The number of carbonyl (C=O) groups is 1. The number of Topliss-reactive ketones (excluding diaryl/α,β-unsaturated/α-hetero) is 1. The summed E-state index contributed by atoms with van der Waals surface area (Å²) in [5.74, 6) is -0.948. The first-order valence-electron chi connectivity index (χ1n) is 5.71. The Morgan fingerprint density at radius 1 is 1.33 bits per heavy atom. The predicted molar refractivity (Wildman–Crippen MR) is 59.3 cm³/mol. The molecule has 2 rings (SSSR count). The van der Waals surface area contributed by atoms with Crippen molar-refractivity contribution in [3.8, 4) is 0 Å². The van der Waals surface area contributed by atoms with E-state index in [1.807, 2.05) is 6.92 Å². The predicted octanol–water partition coefficient (Wildman–Crippen LogP) is 3.31. The van der Waals surface area contributed by atoms with Crippen molar-refractivity contribution in [2.75, 3.05) is 6.61 Å². The number of hydrogen-bond acceptors (Lipinski definition) is 2. The molecule has 1 fully saturated rings. The quantitative estimate of drug-likeness (QED) is 0.761. The van der Waals surface area contributed by atoms with Gasteiger partial charge in [0.15, 0.2) is 5.78 Å². The Hall–Kier alpha value is -1.36. The van der Waals surface area contributed by atoms with Crippen LogP contribution in [-0.4, -0.2) is 18.5 Å². The van der Waals surface area contributed by atoms with Crippen molar-refractivity contribution in [3.05, 3.63) is 35.4 Å². The van der Waals surface area contributed by atoms with E-state index >= 15 is 0 Å². The smallest absolute Gasteiger partial charge is 0.378 e. The van der Waals surface area contributed by atoms with Crippen LogP contribution in [-0.2, 0) is 10.9 Å². The molecule has 0 radical (unpaired) electrons. The van der Waals surface area contributed by atoms with Gasteiger partial charge in [-0.25, -0.2) is 0 Å². The summed E-state index contributed by atoms with van der Waals surface area (Å²) in [4.78, 5) is 12.1. The third-order valence-corrected chi connectivity index (χ3v) is 3.07. The van der Waals surface area contributed by atoms with Gasteiger partial charge in [-0.2, -0.15) is 13.2 Å². The lowest BCUT2D eigenvalue weighted by molar-refractivity contribution is -0.137. The normalized spacial score (nSPS) is 24.2. The molecule has 0 amide bonds. The van der Waals surface area contributed by atoms with Crippen molar-refractivity contribution in [2.45, 2.75) is 25.6 Å². The number of alkyl halides is 3. The lowest BCUT2D eigenvalue weighted by atomic mass is 9.92. The highest BCUT2D eigenvalue weighted by molar-refractivity contribution is 5.99. The first kappa shape index (κ1) is 13.1. The molecule has 5 heteroatoms. The van der Waals surface area contributed by atoms with Gasteiger partial charge >= 0.3 is 6.18 Å². The lowest BCUT2D eigenvalue weighted by Crippen LogP contribution is -2.20. The minimum atomic E-state index is -4.50. The highest BCUT2D eigenvalue weighted by Crippen LogP contribution is 2.34. The average Bonchev–Trinajstić information content (AvgIpc) is 2.74. The van der Waals surface area contributed by atoms with Crippen LogP contribution in [0.1, 0.15) is 29.3 Å². The van der Waals surface area contributed by atoms with Crippen molar-refractivity contribution >= 4 is 5.78 Å². The second-order valence-electron chi connectivity index (χ2n) is 4.48. The number of ether oxygens (including phenoxy) is 1. The molecule has 0 N–H and O–H groups in total. The fraction of sp³-hybridized carbons (Fsp3) is 0.462. The van der Waals surface area contributed by atoms with Crippen LogP contribution in [0, 0.1) is 5.92 Å². The van der Waals surface area contributed by atoms with Gasteiger partial charge in [0.2, 0.25) is 0 Å². The molecule has 0 bridgehead atoms. The van der Waals surface area contributed by atoms with Gasteiger partial charge in [0.05, 0.1) is 18.3 Å². The van der Waals surface area contributed by atoms with Crippen molar-refractivity contribution in [1.82, 2.24) is 0 Å². The van der Waals surface area contributed by atoms with E-state index in [9.17, 15) is 18.0 Å². The number of benzene rings is 1. The second kappa shape index (κ2) is 4.72. The average molecular weight is 258 g/mol. The molecule has 0 aliphatic carbocycles. The van der Waals surface area contributed by atoms with Gasteiger partial charge in [-0.3, -0.25) is 4.79 Å². The summed E-state index contributed by atoms with van der Waals surface area (Å²) in [6, 6.07) is 4.90. The van der Waals surface area contributed by atoms with Gasteiger partial charge < -0.3 is 4.74 Å². The number of rotatable bonds is 2. The Bertz CT molecular complexity index is 454. The summed E-state index contributed by atoms with van der Waals surface area (Å²) in [5, 5.41) is 0. The van der Waals surface area contributed by atoms with E-state index in [4.69, 9.17) is 4.74 Å². The van der Waals surface area contributed by atoms with Gasteiger partial charge in [-0.15, -0.1) is 0 Å². The Morgan fingerprint density at radius 3 is 2.56 bits per heavy atom. The summed E-state index contributed by atoms with van der Waals surface area (Å²) in [5.41, 5.74) is -1.12. The number of hydrogen-bond donors (Lipinski definition) is 0. The van der Waals surface area contributed by atoms with Crippen LogP contribution in [0.4, 0.5) is 13.2 Å². The maximum Gasteiger partial charge on any atom is 0.417 e. The van der Waals surface area contributed by atoms with Crippen LogP contribution in [0.3, 0.4) is 0 Å². The molecule has 1 heterocycles. The summed E-state index contributed by atoms with van der Waals surface area (Å²) >= 11 is 0. The monoisotopic (exact) mass is 258 g/mol. The van der Waals surface area contributed by atoms with Crippen molar-refractivity contribution in [2.24, 2.45) is 5.92 Å². The molecular formula is C13H13F3O2. The molecule has 0 aromatic heterocycles. The fourth-order valence-corrected chi connectivity index (χ4v) is 2.16. The van der Waals surface area contributed by atoms with E-state index in [0.717, 1.165) is 6.07 Å². The number of carbonyl (C=O) groups excluding carboxylic acids is 1. The lowest BCUT2D eigenvalue weighted by Gasteiger charge is -2.14. The van der Waals surface area contributed by atoms with Crippen LogP contribution < -0.4 is 0 Å². The molecule has 1 aromatic carbocycles. The molecule has 0 saturated carbocycles. The molecule has 1 aliphatic heterocycles. The van der Waals surface area contributed by atoms with E-state index in [0.29, 0.717) is 6.42 Å².